The predicted octanol–water partition coefficient (Wildman–Crippen LogP) is 5.06. The Morgan fingerprint density at radius 3 is 2.77 bits per heavy atom. The number of piperidine rings is 1. The number of rotatable bonds is 4. The number of hydrogen-bond acceptors (Lipinski definition) is 2. The van der Waals surface area contributed by atoms with Gasteiger partial charge in [-0.3, -0.25) is 4.79 Å². The minimum atomic E-state index is -0.0122. The molecule has 0 bridgehead atoms. The van der Waals surface area contributed by atoms with Gasteiger partial charge in [-0.1, -0.05) is 31.2 Å². The maximum atomic E-state index is 12.3. The van der Waals surface area contributed by atoms with Crippen molar-refractivity contribution in [3.8, 4) is 0 Å². The quantitative estimate of drug-likeness (QED) is 0.675. The number of carbonyl (C=O) groups excluding carboxylic acids is 1. The minimum absolute atomic E-state index is 0.0122. The van der Waals surface area contributed by atoms with Crippen molar-refractivity contribution in [2.45, 2.75) is 53.0 Å². The van der Waals surface area contributed by atoms with Crippen LogP contribution < -0.4 is 0 Å². The van der Waals surface area contributed by atoms with Crippen molar-refractivity contribution in [1.82, 2.24) is 4.90 Å². The summed E-state index contributed by atoms with van der Waals surface area (Å²) in [6.45, 7) is 8.51. The monoisotopic (exact) mass is 317 g/mol. The molecule has 0 saturated carbocycles. The number of amides is 1. The molecule has 0 aromatic rings. The highest BCUT2D eigenvalue weighted by Gasteiger charge is 2.40. The first-order chi connectivity index (χ1) is 10.4. The first-order valence-corrected chi connectivity index (χ1v) is 9.26. The average molecular weight is 317 g/mol. The van der Waals surface area contributed by atoms with E-state index in [1.165, 1.54) is 16.2 Å². The molecule has 0 spiro atoms. The minimum Gasteiger partial charge on any atom is -0.313 e. The van der Waals surface area contributed by atoms with E-state index in [0.717, 1.165) is 12.8 Å². The molecule has 0 aromatic heterocycles. The fraction of sp³-hybridized carbons (Fsp3) is 0.526. The number of hydrogen-bond donors (Lipinski definition) is 0. The maximum absolute atomic E-state index is 12.3. The van der Waals surface area contributed by atoms with Crippen LogP contribution in [0.3, 0.4) is 0 Å². The lowest BCUT2D eigenvalue weighted by atomic mass is 9.73. The molecule has 1 amide bonds. The van der Waals surface area contributed by atoms with Crippen LogP contribution in [-0.2, 0) is 4.79 Å². The Morgan fingerprint density at radius 2 is 2.18 bits per heavy atom. The molecule has 3 heteroatoms. The van der Waals surface area contributed by atoms with E-state index in [1.54, 1.807) is 11.8 Å². The number of allylic oxidation sites excluding steroid dienone is 6. The van der Waals surface area contributed by atoms with Crippen LogP contribution in [0.25, 0.3) is 0 Å². The Hall–Kier alpha value is -1.22. The van der Waals surface area contributed by atoms with Crippen LogP contribution >= 0.6 is 11.8 Å². The van der Waals surface area contributed by atoms with Crippen LogP contribution in [0.5, 0.6) is 0 Å². The van der Waals surface area contributed by atoms with E-state index in [4.69, 9.17) is 0 Å². The molecule has 1 aliphatic heterocycles. The first-order valence-electron chi connectivity index (χ1n) is 8.04. The first kappa shape index (κ1) is 17.1. The van der Waals surface area contributed by atoms with Crippen LogP contribution in [0, 0.1) is 5.41 Å². The van der Waals surface area contributed by atoms with Crippen molar-refractivity contribution < 1.29 is 4.79 Å². The Balaban J connectivity index is 2.33. The molecule has 2 nitrogen and oxygen atoms in total. The summed E-state index contributed by atoms with van der Waals surface area (Å²) in [7, 11) is 0. The number of nitrogens with zero attached hydrogens (tertiary/aromatic N) is 1. The third-order valence-electron chi connectivity index (χ3n) is 4.42. The molecule has 22 heavy (non-hydrogen) atoms. The van der Waals surface area contributed by atoms with Gasteiger partial charge in [0.05, 0.1) is 0 Å². The summed E-state index contributed by atoms with van der Waals surface area (Å²) in [6, 6.07) is 0.230. The molecule has 0 N–H and O–H groups in total. The zero-order valence-corrected chi connectivity index (χ0v) is 15.2. The van der Waals surface area contributed by atoms with Crippen molar-refractivity contribution in [3.63, 3.8) is 0 Å². The molecule has 1 atom stereocenters. The van der Waals surface area contributed by atoms with E-state index in [1.807, 2.05) is 11.8 Å². The summed E-state index contributed by atoms with van der Waals surface area (Å²) in [4.78, 5) is 15.5. The zero-order valence-electron chi connectivity index (χ0n) is 14.3. The third kappa shape index (κ3) is 3.40. The predicted molar refractivity (Wildman–Crippen MR) is 96.5 cm³/mol. The van der Waals surface area contributed by atoms with Crippen molar-refractivity contribution in [1.29, 1.82) is 0 Å². The van der Waals surface area contributed by atoms with Gasteiger partial charge in [0.25, 0.3) is 0 Å². The number of likely N-dealkylation sites (tertiary alicyclic amines) is 1. The normalized spacial score (nSPS) is 26.4. The molecule has 2 rings (SSSR count). The number of fused-ring (bicyclic) bond motifs is 1. The highest BCUT2D eigenvalue weighted by Crippen LogP contribution is 2.45. The van der Waals surface area contributed by atoms with Crippen LogP contribution in [0.2, 0.25) is 0 Å². The van der Waals surface area contributed by atoms with Gasteiger partial charge in [-0.25, -0.2) is 0 Å². The van der Waals surface area contributed by atoms with Crippen LogP contribution in [0.15, 0.2) is 46.6 Å². The molecule has 2 aliphatic rings. The van der Waals surface area contributed by atoms with Crippen LogP contribution in [0.4, 0.5) is 0 Å². The highest BCUT2D eigenvalue weighted by atomic mass is 32.2. The van der Waals surface area contributed by atoms with Crippen molar-refractivity contribution in [2.75, 3.05) is 6.26 Å². The molecule has 1 aliphatic carbocycles. The lowest BCUT2D eigenvalue weighted by molar-refractivity contribution is -0.134. The summed E-state index contributed by atoms with van der Waals surface area (Å²) in [5.74, 6) is 0.268. The second-order valence-corrected chi connectivity index (χ2v) is 7.42. The summed E-state index contributed by atoms with van der Waals surface area (Å²) in [5, 5.41) is 0. The number of thioether (sulfide) groups is 1. The second-order valence-electron chi connectivity index (χ2n) is 6.54. The molecule has 1 saturated heterocycles. The molecule has 0 unspecified atom stereocenters. The second kappa shape index (κ2) is 6.91. The van der Waals surface area contributed by atoms with Gasteiger partial charge in [0, 0.05) is 28.5 Å². The van der Waals surface area contributed by atoms with Gasteiger partial charge in [-0.2, -0.15) is 0 Å². The Bertz CT molecular complexity index is 568. The van der Waals surface area contributed by atoms with Crippen molar-refractivity contribution in [2.24, 2.45) is 5.41 Å². The van der Waals surface area contributed by atoms with Gasteiger partial charge in [0.1, 0.15) is 0 Å². The van der Waals surface area contributed by atoms with Gasteiger partial charge in [-0.15, -0.1) is 11.8 Å². The van der Waals surface area contributed by atoms with Gasteiger partial charge >= 0.3 is 0 Å². The van der Waals surface area contributed by atoms with Crippen LogP contribution in [0.1, 0.15) is 47.0 Å². The summed E-state index contributed by atoms with van der Waals surface area (Å²) < 4.78 is 0. The van der Waals surface area contributed by atoms with Gasteiger partial charge in [0.15, 0.2) is 0 Å². The standard InChI is InChI=1S/C19H27NOS/c1-6-7-16(22-5)12-15-8-9-17-19(4,13-15)11-10-18(21)20(17)14(2)3/h6-7,9,12-14H,8,10-11H2,1-5H3/b7-6-,16-12+/t19-/m1/s1. The van der Waals surface area contributed by atoms with E-state index >= 15 is 0 Å². The Kier molecular flexibility index (Phi) is 5.38. The van der Waals surface area contributed by atoms with Crippen molar-refractivity contribution in [3.05, 3.63) is 46.6 Å². The summed E-state index contributed by atoms with van der Waals surface area (Å²) in [5.41, 5.74) is 2.54. The van der Waals surface area contributed by atoms with Crippen LogP contribution in [-0.4, -0.2) is 23.1 Å². The fourth-order valence-corrected chi connectivity index (χ4v) is 3.92. The topological polar surface area (TPSA) is 20.3 Å². The average Bonchev–Trinajstić information content (AvgIpc) is 2.46. The fourth-order valence-electron chi connectivity index (χ4n) is 3.37. The van der Waals surface area contributed by atoms with E-state index in [0.29, 0.717) is 6.42 Å². The third-order valence-corrected chi connectivity index (χ3v) is 5.14. The molecule has 120 valence electrons. The van der Waals surface area contributed by atoms with E-state index in [9.17, 15) is 4.79 Å². The zero-order chi connectivity index (χ0) is 16.3. The highest BCUT2D eigenvalue weighted by molar-refractivity contribution is 8.02. The summed E-state index contributed by atoms with van der Waals surface area (Å²) in [6.07, 6.45) is 15.7. The molecule has 1 heterocycles. The molecule has 0 radical (unpaired) electrons. The molecular formula is C19H27NOS. The Morgan fingerprint density at radius 1 is 1.45 bits per heavy atom. The van der Waals surface area contributed by atoms with Crippen molar-refractivity contribution >= 4 is 17.7 Å². The lowest BCUT2D eigenvalue weighted by Crippen LogP contribution is -2.46. The van der Waals surface area contributed by atoms with E-state index in [-0.39, 0.29) is 17.4 Å². The maximum Gasteiger partial charge on any atom is 0.227 e. The SMILES string of the molecule is C/C=C\C(=C/C1=C[C@@]2(C)CCC(=O)N(C(C)C)C2=CC1)SC. The largest absolute Gasteiger partial charge is 0.313 e. The molecule has 0 aromatic carbocycles. The lowest BCUT2D eigenvalue weighted by Gasteiger charge is -2.45. The van der Waals surface area contributed by atoms with E-state index in [2.05, 4.69) is 57.4 Å². The summed E-state index contributed by atoms with van der Waals surface area (Å²) >= 11 is 1.77. The van der Waals surface area contributed by atoms with Gasteiger partial charge < -0.3 is 4.90 Å². The van der Waals surface area contributed by atoms with Gasteiger partial charge in [0.2, 0.25) is 5.91 Å². The molecular weight excluding hydrogens is 290 g/mol. The number of carbonyl (C=O) groups is 1. The molecule has 1 fully saturated rings. The smallest absolute Gasteiger partial charge is 0.227 e. The van der Waals surface area contributed by atoms with Gasteiger partial charge in [-0.05, 0) is 51.5 Å². The van der Waals surface area contributed by atoms with E-state index < -0.39 is 0 Å². The Labute approximate surface area is 139 Å².